The van der Waals surface area contributed by atoms with Crippen molar-refractivity contribution in [2.75, 3.05) is 18.4 Å². The number of para-hydroxylation sites is 1. The highest BCUT2D eigenvalue weighted by Crippen LogP contribution is 2.23. The number of carbonyl (C=O) groups excluding carboxylic acids is 2. The average Bonchev–Trinajstić information content (AvgIpc) is 2.41. The predicted molar refractivity (Wildman–Crippen MR) is 76.7 cm³/mol. The largest absolute Gasteiger partial charge is 0.369 e. The molecule has 0 unspecified atom stereocenters. The number of hydrogen-bond acceptors (Lipinski definition) is 2. The predicted octanol–water partition coefficient (Wildman–Crippen LogP) is 2.18. The van der Waals surface area contributed by atoms with Crippen molar-refractivity contribution in [2.24, 2.45) is 11.7 Å². The summed E-state index contributed by atoms with van der Waals surface area (Å²) in [5.41, 5.74) is 6.01. The van der Waals surface area contributed by atoms with Crippen LogP contribution in [0, 0.1) is 5.92 Å². The molecule has 1 aliphatic heterocycles. The number of primary amides is 1. The van der Waals surface area contributed by atoms with E-state index in [1.165, 1.54) is 0 Å². The number of benzene rings is 1. The summed E-state index contributed by atoms with van der Waals surface area (Å²) >= 11 is 3.38. The van der Waals surface area contributed by atoms with Gasteiger partial charge in [0.25, 0.3) is 0 Å². The summed E-state index contributed by atoms with van der Waals surface area (Å²) in [4.78, 5) is 24.8. The van der Waals surface area contributed by atoms with E-state index in [0.29, 0.717) is 25.9 Å². The third-order valence-corrected chi connectivity index (χ3v) is 3.99. The molecule has 1 aliphatic rings. The molecular formula is C13H16BrN3O2. The molecule has 3 N–H and O–H groups in total. The van der Waals surface area contributed by atoms with Gasteiger partial charge in [0, 0.05) is 23.5 Å². The number of rotatable bonds is 2. The SMILES string of the molecule is NC(=O)C1CCN(C(=O)Nc2ccccc2Br)CC1. The van der Waals surface area contributed by atoms with E-state index in [2.05, 4.69) is 21.2 Å². The molecular weight excluding hydrogens is 310 g/mol. The second-order valence-electron chi connectivity index (χ2n) is 4.57. The molecule has 6 heteroatoms. The number of urea groups is 1. The molecule has 0 aliphatic carbocycles. The Morgan fingerprint density at radius 2 is 1.89 bits per heavy atom. The van der Waals surface area contributed by atoms with Crippen molar-refractivity contribution in [1.29, 1.82) is 0 Å². The summed E-state index contributed by atoms with van der Waals surface area (Å²) in [5.74, 6) is -0.377. The normalized spacial score (nSPS) is 16.2. The monoisotopic (exact) mass is 325 g/mol. The molecule has 0 saturated carbocycles. The van der Waals surface area contributed by atoms with Gasteiger partial charge in [0.1, 0.15) is 0 Å². The molecule has 2 rings (SSSR count). The van der Waals surface area contributed by atoms with Crippen molar-refractivity contribution in [3.63, 3.8) is 0 Å². The fourth-order valence-corrected chi connectivity index (χ4v) is 2.51. The van der Waals surface area contributed by atoms with Gasteiger partial charge in [-0.05, 0) is 40.9 Å². The Morgan fingerprint density at radius 1 is 1.26 bits per heavy atom. The van der Waals surface area contributed by atoms with Crippen LogP contribution in [0.2, 0.25) is 0 Å². The molecule has 1 aromatic rings. The summed E-state index contributed by atoms with van der Waals surface area (Å²) in [6.07, 6.45) is 1.28. The first-order chi connectivity index (χ1) is 9.08. The lowest BCUT2D eigenvalue weighted by Crippen LogP contribution is -2.43. The molecule has 3 amide bonds. The minimum absolute atomic E-state index is 0.104. The highest BCUT2D eigenvalue weighted by Gasteiger charge is 2.25. The molecule has 1 saturated heterocycles. The fraction of sp³-hybridized carbons (Fsp3) is 0.385. The van der Waals surface area contributed by atoms with Crippen LogP contribution in [0.15, 0.2) is 28.7 Å². The Hall–Kier alpha value is -1.56. The number of carbonyl (C=O) groups is 2. The number of anilines is 1. The van der Waals surface area contributed by atoms with Crippen molar-refractivity contribution in [1.82, 2.24) is 4.90 Å². The van der Waals surface area contributed by atoms with E-state index in [9.17, 15) is 9.59 Å². The van der Waals surface area contributed by atoms with Crippen molar-refractivity contribution < 1.29 is 9.59 Å². The first-order valence-corrected chi connectivity index (χ1v) is 6.97. The zero-order valence-electron chi connectivity index (χ0n) is 10.4. The Balaban J connectivity index is 1.92. The highest BCUT2D eigenvalue weighted by molar-refractivity contribution is 9.10. The molecule has 0 atom stereocenters. The number of nitrogens with zero attached hydrogens (tertiary/aromatic N) is 1. The third-order valence-electron chi connectivity index (χ3n) is 3.30. The van der Waals surface area contributed by atoms with Gasteiger partial charge in [-0.3, -0.25) is 4.79 Å². The van der Waals surface area contributed by atoms with E-state index in [4.69, 9.17) is 5.73 Å². The second kappa shape index (κ2) is 6.06. The zero-order chi connectivity index (χ0) is 13.8. The van der Waals surface area contributed by atoms with Crippen LogP contribution in [-0.2, 0) is 4.79 Å². The van der Waals surface area contributed by atoms with E-state index in [-0.39, 0.29) is 17.9 Å². The number of likely N-dealkylation sites (tertiary alicyclic amines) is 1. The Bertz CT molecular complexity index is 485. The number of halogens is 1. The summed E-state index contributed by atoms with van der Waals surface area (Å²) in [7, 11) is 0. The van der Waals surface area contributed by atoms with Crippen LogP contribution in [0.3, 0.4) is 0 Å². The number of amides is 3. The molecule has 19 heavy (non-hydrogen) atoms. The van der Waals surface area contributed by atoms with E-state index in [1.807, 2.05) is 24.3 Å². The van der Waals surface area contributed by atoms with Gasteiger partial charge >= 0.3 is 6.03 Å². The number of piperidine rings is 1. The molecule has 1 aromatic carbocycles. The lowest BCUT2D eigenvalue weighted by Gasteiger charge is -2.30. The molecule has 1 heterocycles. The van der Waals surface area contributed by atoms with Crippen LogP contribution in [-0.4, -0.2) is 29.9 Å². The smallest absolute Gasteiger partial charge is 0.321 e. The van der Waals surface area contributed by atoms with Crippen LogP contribution in [0.4, 0.5) is 10.5 Å². The first kappa shape index (κ1) is 13.9. The first-order valence-electron chi connectivity index (χ1n) is 6.17. The van der Waals surface area contributed by atoms with Gasteiger partial charge in [-0.2, -0.15) is 0 Å². The van der Waals surface area contributed by atoms with Gasteiger partial charge in [0.2, 0.25) is 5.91 Å². The lowest BCUT2D eigenvalue weighted by atomic mass is 9.96. The lowest BCUT2D eigenvalue weighted by molar-refractivity contribution is -0.122. The maximum Gasteiger partial charge on any atom is 0.321 e. The van der Waals surface area contributed by atoms with Crippen molar-refractivity contribution in [3.8, 4) is 0 Å². The minimum atomic E-state index is -0.272. The Labute approximate surface area is 120 Å². The topological polar surface area (TPSA) is 75.4 Å². The fourth-order valence-electron chi connectivity index (χ4n) is 2.12. The summed E-state index contributed by atoms with van der Waals surface area (Å²) < 4.78 is 0.843. The standard InChI is InChI=1S/C13H16BrN3O2/c14-10-3-1-2-4-11(10)16-13(19)17-7-5-9(6-8-17)12(15)18/h1-4,9H,5-8H2,(H2,15,18)(H,16,19). The van der Waals surface area contributed by atoms with E-state index in [1.54, 1.807) is 4.90 Å². The van der Waals surface area contributed by atoms with Gasteiger partial charge in [0.05, 0.1) is 5.69 Å². The second-order valence-corrected chi connectivity index (χ2v) is 5.43. The molecule has 0 radical (unpaired) electrons. The van der Waals surface area contributed by atoms with E-state index in [0.717, 1.165) is 10.2 Å². The average molecular weight is 326 g/mol. The van der Waals surface area contributed by atoms with Crippen LogP contribution in [0.25, 0.3) is 0 Å². The Kier molecular flexibility index (Phi) is 4.42. The minimum Gasteiger partial charge on any atom is -0.369 e. The summed E-state index contributed by atoms with van der Waals surface area (Å²) in [5, 5.41) is 2.85. The van der Waals surface area contributed by atoms with Gasteiger partial charge in [-0.15, -0.1) is 0 Å². The van der Waals surface area contributed by atoms with Crippen molar-refractivity contribution in [3.05, 3.63) is 28.7 Å². The van der Waals surface area contributed by atoms with Gasteiger partial charge in [-0.1, -0.05) is 12.1 Å². The Morgan fingerprint density at radius 3 is 2.47 bits per heavy atom. The number of nitrogens with two attached hydrogens (primary N) is 1. The number of hydrogen-bond donors (Lipinski definition) is 2. The maximum atomic E-state index is 12.1. The van der Waals surface area contributed by atoms with Crippen LogP contribution in [0.1, 0.15) is 12.8 Å². The number of nitrogens with one attached hydrogen (secondary N) is 1. The van der Waals surface area contributed by atoms with Crippen molar-refractivity contribution in [2.45, 2.75) is 12.8 Å². The van der Waals surface area contributed by atoms with Gasteiger partial charge in [0.15, 0.2) is 0 Å². The molecule has 5 nitrogen and oxygen atoms in total. The van der Waals surface area contributed by atoms with E-state index < -0.39 is 0 Å². The molecule has 0 bridgehead atoms. The zero-order valence-corrected chi connectivity index (χ0v) is 12.0. The van der Waals surface area contributed by atoms with Gasteiger partial charge in [-0.25, -0.2) is 4.79 Å². The summed E-state index contributed by atoms with van der Waals surface area (Å²) in [6, 6.07) is 7.31. The van der Waals surface area contributed by atoms with Crippen LogP contribution >= 0.6 is 15.9 Å². The quantitative estimate of drug-likeness (QED) is 0.874. The molecule has 102 valence electrons. The van der Waals surface area contributed by atoms with Gasteiger partial charge < -0.3 is 16.0 Å². The van der Waals surface area contributed by atoms with Crippen LogP contribution < -0.4 is 11.1 Å². The molecule has 0 aromatic heterocycles. The third kappa shape index (κ3) is 3.47. The van der Waals surface area contributed by atoms with E-state index >= 15 is 0 Å². The van der Waals surface area contributed by atoms with Crippen molar-refractivity contribution >= 4 is 33.6 Å². The highest BCUT2D eigenvalue weighted by atomic mass is 79.9. The summed E-state index contributed by atoms with van der Waals surface area (Å²) in [6.45, 7) is 1.12. The maximum absolute atomic E-state index is 12.1. The molecule has 1 fully saturated rings. The van der Waals surface area contributed by atoms with Crippen LogP contribution in [0.5, 0.6) is 0 Å². The molecule has 0 spiro atoms.